The van der Waals surface area contributed by atoms with Gasteiger partial charge in [0.05, 0.1) is 6.26 Å². The first-order valence-electron chi connectivity index (χ1n) is 7.65. The lowest BCUT2D eigenvalue weighted by Crippen LogP contribution is -2.38. The molecule has 0 aliphatic heterocycles. The topological polar surface area (TPSA) is 75.4 Å². The first-order chi connectivity index (χ1) is 11.1. The first kappa shape index (κ1) is 17.2. The molecular formula is C16H21N3O3S. The second kappa shape index (κ2) is 8.47. The number of carbonyl (C=O) groups excluding carboxylic acids is 2. The Kier molecular flexibility index (Phi) is 6.34. The van der Waals surface area contributed by atoms with Gasteiger partial charge in [-0.3, -0.25) is 9.59 Å². The molecule has 0 unspecified atom stereocenters. The largest absolute Gasteiger partial charge is 0.459 e. The molecule has 6 nitrogen and oxygen atoms in total. The standard InChI is InChI=1S/C16H21N3O3S/c1-3-4-5-8-19(15(21)13-7-6-9-22-13)11-14(20)18-16-17-10-12(2)23-16/h6-7,9-10H,3-5,8,11H2,1-2H3,(H,17,18,20). The molecule has 0 saturated carbocycles. The van der Waals surface area contributed by atoms with Crippen molar-refractivity contribution in [1.82, 2.24) is 9.88 Å². The second-order valence-corrected chi connectivity index (χ2v) is 6.47. The number of thiazole rings is 1. The maximum atomic E-state index is 12.4. The summed E-state index contributed by atoms with van der Waals surface area (Å²) >= 11 is 1.41. The summed E-state index contributed by atoms with van der Waals surface area (Å²) in [6.07, 6.45) is 6.07. The van der Waals surface area contributed by atoms with E-state index in [-0.39, 0.29) is 24.1 Å². The van der Waals surface area contributed by atoms with Crippen LogP contribution in [0.4, 0.5) is 5.13 Å². The van der Waals surface area contributed by atoms with Crippen molar-refractivity contribution in [3.05, 3.63) is 35.2 Å². The van der Waals surface area contributed by atoms with Gasteiger partial charge in [-0.2, -0.15) is 0 Å². The number of unbranched alkanes of at least 4 members (excludes halogenated alkanes) is 2. The second-order valence-electron chi connectivity index (χ2n) is 5.24. The zero-order valence-electron chi connectivity index (χ0n) is 13.4. The smallest absolute Gasteiger partial charge is 0.290 e. The molecule has 124 valence electrons. The van der Waals surface area contributed by atoms with Gasteiger partial charge in [0.25, 0.3) is 5.91 Å². The number of nitrogens with zero attached hydrogens (tertiary/aromatic N) is 2. The molecule has 0 aliphatic rings. The molecule has 1 N–H and O–H groups in total. The maximum Gasteiger partial charge on any atom is 0.290 e. The molecule has 23 heavy (non-hydrogen) atoms. The summed E-state index contributed by atoms with van der Waals surface area (Å²) < 4.78 is 5.15. The van der Waals surface area contributed by atoms with Crippen molar-refractivity contribution >= 4 is 28.3 Å². The highest BCUT2D eigenvalue weighted by atomic mass is 32.1. The van der Waals surface area contributed by atoms with Crippen molar-refractivity contribution in [3.63, 3.8) is 0 Å². The minimum atomic E-state index is -0.267. The van der Waals surface area contributed by atoms with Gasteiger partial charge in [-0.05, 0) is 25.5 Å². The van der Waals surface area contributed by atoms with Crippen molar-refractivity contribution in [2.45, 2.75) is 33.1 Å². The minimum Gasteiger partial charge on any atom is -0.459 e. The average molecular weight is 335 g/mol. The molecular weight excluding hydrogens is 314 g/mol. The zero-order chi connectivity index (χ0) is 16.7. The van der Waals surface area contributed by atoms with Gasteiger partial charge in [-0.25, -0.2) is 4.98 Å². The summed E-state index contributed by atoms with van der Waals surface area (Å²) in [6, 6.07) is 3.27. The Morgan fingerprint density at radius 3 is 2.83 bits per heavy atom. The number of aryl methyl sites for hydroxylation is 1. The highest BCUT2D eigenvalue weighted by Crippen LogP contribution is 2.16. The molecule has 7 heteroatoms. The van der Waals surface area contributed by atoms with Crippen LogP contribution in [0.1, 0.15) is 41.6 Å². The quantitative estimate of drug-likeness (QED) is 0.751. The van der Waals surface area contributed by atoms with Crippen LogP contribution in [0.2, 0.25) is 0 Å². The van der Waals surface area contributed by atoms with E-state index < -0.39 is 0 Å². The van der Waals surface area contributed by atoms with E-state index in [1.165, 1.54) is 22.5 Å². The van der Waals surface area contributed by atoms with Crippen molar-refractivity contribution in [3.8, 4) is 0 Å². The number of aromatic nitrogens is 1. The third kappa shape index (κ3) is 5.21. The van der Waals surface area contributed by atoms with Crippen molar-refractivity contribution in [2.75, 3.05) is 18.4 Å². The Morgan fingerprint density at radius 1 is 1.39 bits per heavy atom. The number of carbonyl (C=O) groups is 2. The van der Waals surface area contributed by atoms with Crippen LogP contribution in [-0.4, -0.2) is 34.8 Å². The van der Waals surface area contributed by atoms with Gasteiger partial charge in [-0.15, -0.1) is 11.3 Å². The molecule has 0 fully saturated rings. The molecule has 2 heterocycles. The summed E-state index contributed by atoms with van der Waals surface area (Å²) in [4.78, 5) is 31.2. The minimum absolute atomic E-state index is 0.0120. The fourth-order valence-corrected chi connectivity index (χ4v) is 2.79. The number of furan rings is 1. The third-order valence-electron chi connectivity index (χ3n) is 3.25. The molecule has 0 spiro atoms. The van der Waals surface area contributed by atoms with Crippen molar-refractivity contribution < 1.29 is 14.0 Å². The number of hydrogen-bond donors (Lipinski definition) is 1. The Hall–Kier alpha value is -2.15. The van der Waals surface area contributed by atoms with Crippen LogP contribution in [0.25, 0.3) is 0 Å². The lowest BCUT2D eigenvalue weighted by atomic mass is 10.2. The van der Waals surface area contributed by atoms with E-state index >= 15 is 0 Å². The van der Waals surface area contributed by atoms with Crippen LogP contribution >= 0.6 is 11.3 Å². The van der Waals surface area contributed by atoms with Gasteiger partial charge in [0.1, 0.15) is 6.54 Å². The highest BCUT2D eigenvalue weighted by Gasteiger charge is 2.21. The monoisotopic (exact) mass is 335 g/mol. The van der Waals surface area contributed by atoms with Gasteiger partial charge in [0, 0.05) is 17.6 Å². The van der Waals surface area contributed by atoms with Crippen molar-refractivity contribution in [2.24, 2.45) is 0 Å². The SMILES string of the molecule is CCCCCN(CC(=O)Nc1ncc(C)s1)C(=O)c1ccco1. The van der Waals surface area contributed by atoms with Gasteiger partial charge < -0.3 is 14.6 Å². The Bertz CT molecular complexity index is 637. The summed E-state index contributed by atoms with van der Waals surface area (Å²) in [5, 5.41) is 3.28. The molecule has 0 aromatic carbocycles. The number of hydrogen-bond acceptors (Lipinski definition) is 5. The average Bonchev–Trinajstić information content (AvgIpc) is 3.17. The molecule has 0 atom stereocenters. The molecule has 0 saturated heterocycles. The van der Waals surface area contributed by atoms with E-state index in [0.717, 1.165) is 24.1 Å². The molecule has 2 rings (SSSR count). The lowest BCUT2D eigenvalue weighted by Gasteiger charge is -2.20. The Labute approximate surface area is 139 Å². The first-order valence-corrected chi connectivity index (χ1v) is 8.47. The van der Waals surface area contributed by atoms with Gasteiger partial charge in [0.2, 0.25) is 5.91 Å². The number of anilines is 1. The van der Waals surface area contributed by atoms with E-state index in [1.54, 1.807) is 18.3 Å². The van der Waals surface area contributed by atoms with E-state index in [4.69, 9.17) is 4.42 Å². The Balaban J connectivity index is 1.98. The van der Waals surface area contributed by atoms with Crippen LogP contribution < -0.4 is 5.32 Å². The number of nitrogens with one attached hydrogen (secondary N) is 1. The van der Waals surface area contributed by atoms with Crippen LogP contribution in [0, 0.1) is 6.92 Å². The van der Waals surface area contributed by atoms with Crippen LogP contribution in [0.5, 0.6) is 0 Å². The lowest BCUT2D eigenvalue weighted by molar-refractivity contribution is -0.116. The number of rotatable bonds is 8. The summed E-state index contributed by atoms with van der Waals surface area (Å²) in [6.45, 7) is 4.53. The van der Waals surface area contributed by atoms with E-state index in [2.05, 4.69) is 17.2 Å². The van der Waals surface area contributed by atoms with Gasteiger partial charge in [0.15, 0.2) is 10.9 Å². The van der Waals surface area contributed by atoms with Crippen LogP contribution in [-0.2, 0) is 4.79 Å². The van der Waals surface area contributed by atoms with Gasteiger partial charge >= 0.3 is 0 Å². The fraction of sp³-hybridized carbons (Fsp3) is 0.438. The predicted molar refractivity (Wildman–Crippen MR) is 89.6 cm³/mol. The van der Waals surface area contributed by atoms with E-state index in [0.29, 0.717) is 11.7 Å². The highest BCUT2D eigenvalue weighted by molar-refractivity contribution is 7.15. The van der Waals surface area contributed by atoms with Gasteiger partial charge in [-0.1, -0.05) is 19.8 Å². The molecule has 0 radical (unpaired) electrons. The predicted octanol–water partition coefficient (Wildman–Crippen LogP) is 3.32. The van der Waals surface area contributed by atoms with Crippen molar-refractivity contribution in [1.29, 1.82) is 0 Å². The normalized spacial score (nSPS) is 10.5. The fourth-order valence-electron chi connectivity index (χ4n) is 2.11. The third-order valence-corrected chi connectivity index (χ3v) is 4.08. The Morgan fingerprint density at radius 2 is 2.22 bits per heavy atom. The molecule has 2 aromatic rings. The number of amides is 2. The molecule has 2 aromatic heterocycles. The maximum absolute atomic E-state index is 12.4. The summed E-state index contributed by atoms with van der Waals surface area (Å²) in [7, 11) is 0. The molecule has 0 bridgehead atoms. The molecule has 2 amide bonds. The summed E-state index contributed by atoms with van der Waals surface area (Å²) in [5.41, 5.74) is 0. The van der Waals surface area contributed by atoms with Crippen LogP contribution in [0.15, 0.2) is 29.0 Å². The van der Waals surface area contributed by atoms with Crippen LogP contribution in [0.3, 0.4) is 0 Å². The van der Waals surface area contributed by atoms with E-state index in [1.807, 2.05) is 6.92 Å². The zero-order valence-corrected chi connectivity index (χ0v) is 14.2. The van der Waals surface area contributed by atoms with E-state index in [9.17, 15) is 9.59 Å². The molecule has 0 aliphatic carbocycles. The summed E-state index contributed by atoms with van der Waals surface area (Å²) in [5.74, 6) is -0.272.